The number of hydrogen-bond donors (Lipinski definition) is 2. The lowest BCUT2D eigenvalue weighted by atomic mass is 9.69. The van der Waals surface area contributed by atoms with Gasteiger partial charge in [-0.1, -0.05) is 36.4 Å². The second-order valence-electron chi connectivity index (χ2n) is 9.63. The quantitative estimate of drug-likeness (QED) is 0.660. The molecule has 1 aliphatic carbocycles. The molecule has 1 unspecified atom stereocenters. The number of aliphatic hydroxyl groups is 1. The van der Waals surface area contributed by atoms with Gasteiger partial charge < -0.3 is 10.0 Å². The molecule has 6 heteroatoms. The molecule has 1 aliphatic heterocycles. The minimum Gasteiger partial charge on any atom is -0.361 e. The van der Waals surface area contributed by atoms with Crippen molar-refractivity contribution in [2.45, 2.75) is 50.0 Å². The summed E-state index contributed by atoms with van der Waals surface area (Å²) in [6, 6.07) is 18.7. The lowest BCUT2D eigenvalue weighted by molar-refractivity contribution is 0.0513. The molecule has 0 radical (unpaired) electrons. The Bertz CT molecular complexity index is 1130. The Hall–Kier alpha value is -2.67. The highest BCUT2D eigenvalue weighted by Crippen LogP contribution is 2.47. The zero-order chi connectivity index (χ0) is 22.5. The summed E-state index contributed by atoms with van der Waals surface area (Å²) in [7, 11) is 4.35. The number of rotatable bonds is 3. The number of aromatic nitrogens is 1. The standard InChI is InChI=1S/C26H32N4O2/c1-19(31)29-17-12-21-22(29)10-7-11-23(21)30-18-25(27-24(30)32)13-15-26(16-14-25,28(2)3)20-8-5-4-6-9-20/h4-12,17,24,27,32H,13-16,18H2,1-3H3/t24?,25-,26+. The van der Waals surface area contributed by atoms with Gasteiger partial charge in [0.05, 0.1) is 5.52 Å². The van der Waals surface area contributed by atoms with E-state index in [-0.39, 0.29) is 17.0 Å². The van der Waals surface area contributed by atoms with Crippen LogP contribution in [0, 0.1) is 0 Å². The number of nitrogens with one attached hydrogen (secondary N) is 1. The molecule has 32 heavy (non-hydrogen) atoms. The maximum absolute atomic E-state index is 12.0. The molecule has 1 spiro atoms. The highest BCUT2D eigenvalue weighted by atomic mass is 16.3. The van der Waals surface area contributed by atoms with Crippen LogP contribution in [0.3, 0.4) is 0 Å². The Balaban J connectivity index is 1.42. The molecule has 2 aromatic carbocycles. The van der Waals surface area contributed by atoms with E-state index in [1.165, 1.54) is 5.56 Å². The van der Waals surface area contributed by atoms with Crippen LogP contribution in [-0.2, 0) is 5.54 Å². The summed E-state index contributed by atoms with van der Waals surface area (Å²) < 4.78 is 1.66. The van der Waals surface area contributed by atoms with Crippen LogP contribution in [0.4, 0.5) is 5.69 Å². The number of fused-ring (bicyclic) bond motifs is 1. The first kappa shape index (κ1) is 21.2. The summed E-state index contributed by atoms with van der Waals surface area (Å²) in [6.45, 7) is 2.32. The first-order chi connectivity index (χ1) is 15.4. The number of aliphatic hydroxyl groups excluding tert-OH is 1. The van der Waals surface area contributed by atoms with Crippen LogP contribution < -0.4 is 10.2 Å². The zero-order valence-corrected chi connectivity index (χ0v) is 19.1. The van der Waals surface area contributed by atoms with E-state index in [1.807, 2.05) is 30.5 Å². The highest BCUT2D eigenvalue weighted by molar-refractivity contribution is 5.98. The zero-order valence-electron chi connectivity index (χ0n) is 19.1. The number of nitrogens with zero attached hydrogens (tertiary/aromatic N) is 3. The van der Waals surface area contributed by atoms with Gasteiger partial charge in [0, 0.05) is 41.8 Å². The van der Waals surface area contributed by atoms with Crippen LogP contribution in [0.15, 0.2) is 60.8 Å². The van der Waals surface area contributed by atoms with E-state index in [0.717, 1.165) is 48.8 Å². The summed E-state index contributed by atoms with van der Waals surface area (Å²) in [6.07, 6.45) is 5.10. The molecule has 0 bridgehead atoms. The predicted molar refractivity (Wildman–Crippen MR) is 128 cm³/mol. The molecule has 1 saturated heterocycles. The van der Waals surface area contributed by atoms with Crippen molar-refractivity contribution in [3.8, 4) is 0 Å². The van der Waals surface area contributed by atoms with Crippen LogP contribution >= 0.6 is 0 Å². The molecular formula is C26H32N4O2. The fraction of sp³-hybridized carbons (Fsp3) is 0.423. The van der Waals surface area contributed by atoms with Gasteiger partial charge in [0.1, 0.15) is 0 Å². The van der Waals surface area contributed by atoms with Gasteiger partial charge >= 0.3 is 0 Å². The third-order valence-corrected chi connectivity index (χ3v) is 7.76. The van der Waals surface area contributed by atoms with E-state index in [0.29, 0.717) is 0 Å². The predicted octanol–water partition coefficient (Wildman–Crippen LogP) is 3.76. The normalized spacial score (nSPS) is 28.2. The van der Waals surface area contributed by atoms with Crippen molar-refractivity contribution in [3.63, 3.8) is 0 Å². The Kier molecular flexibility index (Phi) is 5.12. The number of anilines is 1. The maximum atomic E-state index is 12.0. The largest absolute Gasteiger partial charge is 0.361 e. The number of carbonyl (C=O) groups excluding carboxylic acids is 1. The van der Waals surface area contributed by atoms with Crippen LogP contribution in [-0.4, -0.2) is 53.0 Å². The van der Waals surface area contributed by atoms with Crippen molar-refractivity contribution >= 4 is 22.5 Å². The Morgan fingerprint density at radius 3 is 2.41 bits per heavy atom. The Morgan fingerprint density at radius 2 is 1.75 bits per heavy atom. The second kappa shape index (κ2) is 7.73. The van der Waals surface area contributed by atoms with Crippen molar-refractivity contribution in [2.24, 2.45) is 0 Å². The van der Waals surface area contributed by atoms with Crippen LogP contribution in [0.1, 0.15) is 43.0 Å². The summed E-state index contributed by atoms with van der Waals surface area (Å²) in [5, 5.41) is 15.5. The molecule has 6 nitrogen and oxygen atoms in total. The summed E-state index contributed by atoms with van der Waals surface area (Å²) in [5.41, 5.74) is 3.10. The van der Waals surface area contributed by atoms with Gasteiger partial charge in [-0.05, 0) is 63.5 Å². The van der Waals surface area contributed by atoms with E-state index in [1.54, 1.807) is 11.5 Å². The third kappa shape index (κ3) is 3.25. The van der Waals surface area contributed by atoms with Crippen molar-refractivity contribution in [1.82, 2.24) is 14.8 Å². The molecule has 2 N–H and O–H groups in total. The molecule has 1 aromatic heterocycles. The van der Waals surface area contributed by atoms with E-state index in [9.17, 15) is 9.90 Å². The Labute approximate surface area is 189 Å². The number of carbonyl (C=O) groups is 1. The molecule has 3 aromatic rings. The van der Waals surface area contributed by atoms with E-state index < -0.39 is 6.35 Å². The summed E-state index contributed by atoms with van der Waals surface area (Å²) in [5.74, 6) is -0.0121. The van der Waals surface area contributed by atoms with E-state index >= 15 is 0 Å². The fourth-order valence-corrected chi connectivity index (χ4v) is 5.89. The van der Waals surface area contributed by atoms with Gasteiger partial charge in [0.15, 0.2) is 6.35 Å². The van der Waals surface area contributed by atoms with Crippen LogP contribution in [0.5, 0.6) is 0 Å². The smallest absolute Gasteiger partial charge is 0.227 e. The van der Waals surface area contributed by atoms with Crippen LogP contribution in [0.2, 0.25) is 0 Å². The molecule has 2 heterocycles. The van der Waals surface area contributed by atoms with Gasteiger partial charge in [0.25, 0.3) is 0 Å². The lowest BCUT2D eigenvalue weighted by Gasteiger charge is -2.49. The second-order valence-corrected chi connectivity index (χ2v) is 9.63. The van der Waals surface area contributed by atoms with Gasteiger partial charge in [-0.25, -0.2) is 0 Å². The van der Waals surface area contributed by atoms with Crippen molar-refractivity contribution in [3.05, 3.63) is 66.4 Å². The van der Waals surface area contributed by atoms with Gasteiger partial charge in [-0.2, -0.15) is 0 Å². The van der Waals surface area contributed by atoms with Gasteiger partial charge in [-0.3, -0.25) is 19.6 Å². The fourth-order valence-electron chi connectivity index (χ4n) is 5.89. The third-order valence-electron chi connectivity index (χ3n) is 7.76. The molecule has 2 aliphatic rings. The van der Waals surface area contributed by atoms with E-state index in [4.69, 9.17) is 0 Å². The van der Waals surface area contributed by atoms with Crippen LogP contribution in [0.25, 0.3) is 10.9 Å². The molecular weight excluding hydrogens is 400 g/mol. The molecule has 2 fully saturated rings. The lowest BCUT2D eigenvalue weighted by Crippen LogP contribution is -2.54. The van der Waals surface area contributed by atoms with Crippen molar-refractivity contribution in [1.29, 1.82) is 0 Å². The van der Waals surface area contributed by atoms with Gasteiger partial charge in [-0.15, -0.1) is 0 Å². The number of benzene rings is 2. The van der Waals surface area contributed by atoms with E-state index in [2.05, 4.69) is 59.5 Å². The molecule has 5 rings (SSSR count). The maximum Gasteiger partial charge on any atom is 0.227 e. The minimum atomic E-state index is -0.746. The van der Waals surface area contributed by atoms with Crippen molar-refractivity contribution < 1.29 is 9.90 Å². The minimum absolute atomic E-state index is 0.0121. The topological polar surface area (TPSA) is 60.7 Å². The van der Waals surface area contributed by atoms with Gasteiger partial charge in [0.2, 0.25) is 5.91 Å². The Morgan fingerprint density at radius 1 is 1.03 bits per heavy atom. The number of hydrogen-bond acceptors (Lipinski definition) is 5. The summed E-state index contributed by atoms with van der Waals surface area (Å²) in [4.78, 5) is 16.4. The average molecular weight is 433 g/mol. The summed E-state index contributed by atoms with van der Waals surface area (Å²) >= 11 is 0. The SMILES string of the molecule is CC(=O)n1ccc2c(N3C[C@]4(CC[C@](c5ccccc5)(N(C)C)CC4)NC3O)cccc21. The first-order valence-corrected chi connectivity index (χ1v) is 11.4. The highest BCUT2D eigenvalue weighted by Gasteiger charge is 2.50. The first-order valence-electron chi connectivity index (χ1n) is 11.4. The molecule has 1 atom stereocenters. The average Bonchev–Trinajstić information content (AvgIpc) is 3.36. The van der Waals surface area contributed by atoms with Crippen molar-refractivity contribution in [2.75, 3.05) is 25.5 Å². The molecule has 1 saturated carbocycles. The molecule has 0 amide bonds. The molecule has 168 valence electrons. The monoisotopic (exact) mass is 432 g/mol.